The summed E-state index contributed by atoms with van der Waals surface area (Å²) >= 11 is 0. The number of hydrogen-bond acceptors (Lipinski definition) is 2. The van der Waals surface area contributed by atoms with Gasteiger partial charge in [0.15, 0.2) is 0 Å². The van der Waals surface area contributed by atoms with Gasteiger partial charge in [-0.1, -0.05) is 212 Å². The zero-order valence-electron chi connectivity index (χ0n) is 37.3. The maximum absolute atomic E-state index is 6.80. The van der Waals surface area contributed by atoms with E-state index in [4.69, 9.17) is 8.83 Å². The summed E-state index contributed by atoms with van der Waals surface area (Å²) in [6.45, 7) is 0. The van der Waals surface area contributed by atoms with Crippen molar-refractivity contribution in [3.8, 4) is 55.6 Å². The van der Waals surface area contributed by atoms with Crippen molar-refractivity contribution in [2.45, 2.75) is 5.41 Å². The lowest BCUT2D eigenvalue weighted by Crippen LogP contribution is -2.25. The van der Waals surface area contributed by atoms with E-state index < -0.39 is 5.41 Å². The predicted octanol–water partition coefficient (Wildman–Crippen LogP) is 18.3. The van der Waals surface area contributed by atoms with Crippen LogP contribution in [0.15, 0.2) is 239 Å². The molecular weight excluding hydrogens is 837 g/mol. The van der Waals surface area contributed by atoms with Gasteiger partial charge in [0.25, 0.3) is 0 Å². The van der Waals surface area contributed by atoms with E-state index in [0.29, 0.717) is 0 Å². The zero-order chi connectivity index (χ0) is 45.0. The van der Waals surface area contributed by atoms with Crippen LogP contribution in [-0.4, -0.2) is 0 Å². The summed E-state index contributed by atoms with van der Waals surface area (Å²) in [6, 6.07) is 85.2. The normalized spacial score (nSPS) is 13.3. The van der Waals surface area contributed by atoms with Gasteiger partial charge in [-0.05, 0) is 117 Å². The Bertz CT molecular complexity index is 4340. The van der Waals surface area contributed by atoms with Gasteiger partial charge in [-0.3, -0.25) is 0 Å². The van der Waals surface area contributed by atoms with Crippen molar-refractivity contribution in [1.82, 2.24) is 0 Å². The molecular formula is C67H38O2. The molecule has 0 fully saturated rings. The fourth-order valence-electron chi connectivity index (χ4n) is 13.0. The molecule has 0 aliphatic heterocycles. The van der Waals surface area contributed by atoms with Crippen LogP contribution in [0, 0.1) is 0 Å². The van der Waals surface area contributed by atoms with Gasteiger partial charge in [0.2, 0.25) is 0 Å². The van der Waals surface area contributed by atoms with Crippen LogP contribution < -0.4 is 0 Å². The van der Waals surface area contributed by atoms with Crippen LogP contribution in [0.1, 0.15) is 22.3 Å². The van der Waals surface area contributed by atoms with Crippen LogP contribution in [0.5, 0.6) is 0 Å². The molecule has 0 amide bonds. The maximum Gasteiger partial charge on any atom is 0.143 e. The highest BCUT2D eigenvalue weighted by atomic mass is 16.3. The quantitative estimate of drug-likeness (QED) is 0.165. The van der Waals surface area contributed by atoms with E-state index in [0.717, 1.165) is 76.9 Å². The van der Waals surface area contributed by atoms with E-state index in [1.54, 1.807) is 0 Å². The molecule has 318 valence electrons. The number of para-hydroxylation sites is 4. The highest BCUT2D eigenvalue weighted by Crippen LogP contribution is 2.65. The molecule has 0 saturated heterocycles. The Morgan fingerprint density at radius 1 is 0.232 bits per heavy atom. The molecule has 2 heteroatoms. The van der Waals surface area contributed by atoms with Crippen LogP contribution in [-0.2, 0) is 5.41 Å². The van der Waals surface area contributed by atoms with Crippen molar-refractivity contribution in [2.24, 2.45) is 0 Å². The lowest BCUT2D eigenvalue weighted by atomic mass is 9.70. The molecule has 2 aliphatic rings. The minimum Gasteiger partial charge on any atom is -0.455 e. The molecule has 0 saturated carbocycles. The smallest absolute Gasteiger partial charge is 0.143 e. The van der Waals surface area contributed by atoms with Gasteiger partial charge < -0.3 is 8.83 Å². The molecule has 0 unspecified atom stereocenters. The van der Waals surface area contributed by atoms with Crippen molar-refractivity contribution in [2.75, 3.05) is 0 Å². The lowest BCUT2D eigenvalue weighted by molar-refractivity contribution is 0.669. The minimum atomic E-state index is -0.511. The topological polar surface area (TPSA) is 26.3 Å². The second-order valence-electron chi connectivity index (χ2n) is 18.9. The van der Waals surface area contributed by atoms with Crippen LogP contribution in [0.25, 0.3) is 132 Å². The Balaban J connectivity index is 1.08. The van der Waals surface area contributed by atoms with Crippen LogP contribution in [0.2, 0.25) is 0 Å². The monoisotopic (exact) mass is 874 g/mol. The zero-order valence-corrected chi connectivity index (χ0v) is 37.3. The molecule has 0 atom stereocenters. The van der Waals surface area contributed by atoms with Crippen molar-refractivity contribution >= 4 is 76.2 Å². The Labute approximate surface area is 396 Å². The molecule has 14 aromatic rings. The molecule has 2 heterocycles. The second-order valence-corrected chi connectivity index (χ2v) is 18.9. The van der Waals surface area contributed by atoms with Crippen LogP contribution in [0.3, 0.4) is 0 Å². The van der Waals surface area contributed by atoms with E-state index >= 15 is 0 Å². The Kier molecular flexibility index (Phi) is 7.30. The predicted molar refractivity (Wildman–Crippen MR) is 286 cm³/mol. The fraction of sp³-hybridized carbons (Fsp3) is 0.0149. The Morgan fingerprint density at radius 2 is 0.652 bits per heavy atom. The van der Waals surface area contributed by atoms with E-state index in [1.807, 2.05) is 0 Å². The van der Waals surface area contributed by atoms with Gasteiger partial charge in [-0.15, -0.1) is 0 Å². The third-order valence-electron chi connectivity index (χ3n) is 15.7. The highest BCUT2D eigenvalue weighted by Gasteiger charge is 2.52. The molecule has 12 aromatic carbocycles. The van der Waals surface area contributed by atoms with Crippen LogP contribution >= 0.6 is 0 Å². The van der Waals surface area contributed by atoms with Gasteiger partial charge in [0.1, 0.15) is 22.3 Å². The molecule has 2 aromatic heterocycles. The third kappa shape index (κ3) is 4.75. The van der Waals surface area contributed by atoms with E-state index in [9.17, 15) is 0 Å². The largest absolute Gasteiger partial charge is 0.455 e. The number of benzene rings is 12. The van der Waals surface area contributed by atoms with Gasteiger partial charge in [0.05, 0.1) is 5.41 Å². The average Bonchev–Trinajstić information content (AvgIpc) is 4.16. The Morgan fingerprint density at radius 3 is 1.26 bits per heavy atom. The molecule has 2 aliphatic carbocycles. The number of furan rings is 2. The summed E-state index contributed by atoms with van der Waals surface area (Å²) < 4.78 is 13.6. The maximum atomic E-state index is 6.80. The first-order valence-corrected chi connectivity index (χ1v) is 23.9. The van der Waals surface area contributed by atoms with Gasteiger partial charge in [-0.2, -0.15) is 0 Å². The number of rotatable bonds is 3. The summed E-state index contributed by atoms with van der Waals surface area (Å²) in [4.78, 5) is 0. The Hall–Kier alpha value is -8.98. The van der Waals surface area contributed by atoms with E-state index in [2.05, 4.69) is 231 Å². The molecule has 69 heavy (non-hydrogen) atoms. The highest BCUT2D eigenvalue weighted by molar-refractivity contribution is 6.24. The number of hydrogen-bond donors (Lipinski definition) is 0. The first-order valence-electron chi connectivity index (χ1n) is 23.9. The summed E-state index contributed by atoms with van der Waals surface area (Å²) in [7, 11) is 0. The van der Waals surface area contributed by atoms with Gasteiger partial charge >= 0.3 is 0 Å². The molecule has 0 radical (unpaired) electrons. The van der Waals surface area contributed by atoms with E-state index in [1.165, 1.54) is 77.2 Å². The van der Waals surface area contributed by atoms with Gasteiger partial charge in [0, 0.05) is 32.7 Å². The fourth-order valence-corrected chi connectivity index (χ4v) is 13.0. The third-order valence-corrected chi connectivity index (χ3v) is 15.7. The first-order chi connectivity index (χ1) is 34.3. The molecule has 16 rings (SSSR count). The molecule has 2 nitrogen and oxygen atoms in total. The van der Waals surface area contributed by atoms with Crippen molar-refractivity contribution in [3.05, 3.63) is 253 Å². The SMILES string of the molecule is c1ccc2c(c1)-c1ccccc1C21c2cccc(-c3c4cccc(-c5cccc6c5oc5ccccc56)c4cc4c(-c5cccc6c5oc5ccccc56)cccc34)c2-c2c1ccc1ccccc21. The summed E-state index contributed by atoms with van der Waals surface area (Å²) in [6.07, 6.45) is 0. The summed E-state index contributed by atoms with van der Waals surface area (Å²) in [5, 5.41) is 11.7. The summed E-state index contributed by atoms with van der Waals surface area (Å²) in [5.41, 5.74) is 20.4. The number of fused-ring (bicyclic) bond motifs is 20. The second kappa shape index (κ2) is 13.6. The minimum absolute atomic E-state index is 0.511. The van der Waals surface area contributed by atoms with Crippen LogP contribution in [0.4, 0.5) is 0 Å². The first kappa shape index (κ1) is 37.1. The van der Waals surface area contributed by atoms with Crippen molar-refractivity contribution < 1.29 is 8.83 Å². The van der Waals surface area contributed by atoms with Gasteiger partial charge in [-0.25, -0.2) is 0 Å². The standard InChI is InChI=1S/C67H38O2/c1-2-17-40-39(16-1)36-37-59-63(40)64-53(30-15-33-58(64)67(59)56-31-7-3-18-43(56)44-19-4-8-32-57(44)67)62-47-24-11-22-41(49-26-13-28-51-45-20-5-9-34-60(45)68-65(49)51)54(47)38-55-42(23-12-25-48(55)62)50-27-14-29-52-46-21-6-10-35-61(46)69-66(50)52/h1-38H. The molecule has 0 N–H and O–H groups in total. The van der Waals surface area contributed by atoms with Crippen molar-refractivity contribution in [3.63, 3.8) is 0 Å². The molecule has 0 bridgehead atoms. The van der Waals surface area contributed by atoms with E-state index in [-0.39, 0.29) is 0 Å². The average molecular weight is 875 g/mol. The lowest BCUT2D eigenvalue weighted by Gasteiger charge is -2.30. The van der Waals surface area contributed by atoms with Crippen molar-refractivity contribution in [1.29, 1.82) is 0 Å². The summed E-state index contributed by atoms with van der Waals surface area (Å²) in [5.74, 6) is 0. The molecule has 1 spiro atoms.